The molecular weight excluding hydrogens is 699 g/mol. The molecule has 0 amide bonds. The second kappa shape index (κ2) is 12.3. The highest BCUT2D eigenvalue weighted by molar-refractivity contribution is 6.14. The Bertz CT molecular complexity index is 3360. The minimum Gasteiger partial charge on any atom is -0.454 e. The summed E-state index contributed by atoms with van der Waals surface area (Å²) in [4.78, 5) is 15.4. The molecule has 0 saturated carbocycles. The van der Waals surface area contributed by atoms with Crippen molar-refractivity contribution in [2.75, 3.05) is 0 Å². The zero-order valence-corrected chi connectivity index (χ0v) is 30.5. The van der Waals surface area contributed by atoms with E-state index in [1.54, 1.807) is 0 Å². The van der Waals surface area contributed by atoms with Gasteiger partial charge in [-0.15, -0.1) is 0 Å². The summed E-state index contributed by atoms with van der Waals surface area (Å²) in [5.74, 6) is 1.81. The molecule has 0 aliphatic carbocycles. The van der Waals surface area contributed by atoms with Crippen molar-refractivity contribution in [2.45, 2.75) is 0 Å². The number of hydrogen-bond acceptors (Lipinski definition) is 4. The number of aromatic nitrogens is 5. The third-order valence-electron chi connectivity index (χ3n) is 11.2. The van der Waals surface area contributed by atoms with Crippen molar-refractivity contribution >= 4 is 65.6 Å². The van der Waals surface area contributed by atoms with Crippen molar-refractivity contribution in [1.29, 1.82) is 0 Å². The third kappa shape index (κ3) is 4.87. The molecule has 0 aliphatic rings. The molecule has 4 heterocycles. The first-order chi connectivity index (χ1) is 28.3. The SMILES string of the molecule is c1ccc(-c2nc(-c3ccccc3)nc(-c3cc(-n4c5ccccc5c5ccccc54)c4oc5ccc(-n6c7ccccc7c7ccccc76)cc5c4c3)n2)cc1. The topological polar surface area (TPSA) is 61.7 Å². The fourth-order valence-corrected chi connectivity index (χ4v) is 8.60. The van der Waals surface area contributed by atoms with Gasteiger partial charge in [0.05, 0.1) is 27.8 Å². The van der Waals surface area contributed by atoms with Crippen molar-refractivity contribution in [1.82, 2.24) is 24.1 Å². The standard InChI is InChI=1S/C51H31N5O/c1-3-15-32(16-4-1)49-52-50(33-17-5-2-6-18-33)54-51(53-49)34-29-41-40-31-35(55-42-23-11-7-19-36(42)37-20-8-12-24-43(37)55)27-28-47(40)57-48(41)46(30-34)56-44-25-13-9-21-38(44)39-22-10-14-26-45(39)56/h1-31H. The lowest BCUT2D eigenvalue weighted by atomic mass is 10.1. The first kappa shape index (κ1) is 31.5. The summed E-state index contributed by atoms with van der Waals surface area (Å²) in [5.41, 5.74) is 10.8. The highest BCUT2D eigenvalue weighted by Gasteiger charge is 2.22. The van der Waals surface area contributed by atoms with Crippen LogP contribution in [0.4, 0.5) is 0 Å². The van der Waals surface area contributed by atoms with Crippen LogP contribution < -0.4 is 0 Å². The molecule has 8 aromatic carbocycles. The highest BCUT2D eigenvalue weighted by atomic mass is 16.3. The van der Waals surface area contributed by atoms with Crippen LogP contribution in [-0.2, 0) is 0 Å². The Labute approximate surface area is 326 Å². The fraction of sp³-hybridized carbons (Fsp3) is 0. The molecule has 0 saturated heterocycles. The van der Waals surface area contributed by atoms with Gasteiger partial charge in [0, 0.05) is 54.7 Å². The van der Waals surface area contributed by atoms with Crippen molar-refractivity contribution in [3.8, 4) is 45.5 Å². The maximum Gasteiger partial charge on any atom is 0.164 e. The number of hydrogen-bond donors (Lipinski definition) is 0. The molecule has 0 spiro atoms. The van der Waals surface area contributed by atoms with Crippen LogP contribution >= 0.6 is 0 Å². The molecule has 12 rings (SSSR count). The van der Waals surface area contributed by atoms with E-state index < -0.39 is 0 Å². The van der Waals surface area contributed by atoms with Gasteiger partial charge in [0.2, 0.25) is 0 Å². The van der Waals surface area contributed by atoms with Gasteiger partial charge in [0.1, 0.15) is 5.58 Å². The van der Waals surface area contributed by atoms with Crippen molar-refractivity contribution in [2.24, 2.45) is 0 Å². The van der Waals surface area contributed by atoms with Crippen molar-refractivity contribution in [3.05, 3.63) is 188 Å². The van der Waals surface area contributed by atoms with Crippen LogP contribution in [0.1, 0.15) is 0 Å². The van der Waals surface area contributed by atoms with Crippen molar-refractivity contribution < 1.29 is 4.42 Å². The van der Waals surface area contributed by atoms with Crippen LogP contribution in [0.25, 0.3) is 111 Å². The van der Waals surface area contributed by atoms with Gasteiger partial charge in [-0.2, -0.15) is 0 Å². The Morgan fingerprint density at radius 2 is 0.772 bits per heavy atom. The molecule has 266 valence electrons. The molecule has 6 nitrogen and oxygen atoms in total. The lowest BCUT2D eigenvalue weighted by Gasteiger charge is -2.12. The third-order valence-corrected chi connectivity index (χ3v) is 11.2. The zero-order valence-electron chi connectivity index (χ0n) is 30.5. The summed E-state index contributed by atoms with van der Waals surface area (Å²) in [6.07, 6.45) is 0. The molecule has 4 aromatic heterocycles. The van der Waals surface area contributed by atoms with E-state index >= 15 is 0 Å². The van der Waals surface area contributed by atoms with Crippen LogP contribution in [-0.4, -0.2) is 24.1 Å². The minimum absolute atomic E-state index is 0.583. The predicted octanol–water partition coefficient (Wildman–Crippen LogP) is 13.0. The van der Waals surface area contributed by atoms with Gasteiger partial charge >= 0.3 is 0 Å². The normalized spacial score (nSPS) is 11.9. The zero-order chi connectivity index (χ0) is 37.5. The Morgan fingerprint density at radius 1 is 0.333 bits per heavy atom. The molecule has 0 radical (unpaired) electrons. The predicted molar refractivity (Wildman–Crippen MR) is 232 cm³/mol. The lowest BCUT2D eigenvalue weighted by Crippen LogP contribution is -2.01. The summed E-state index contributed by atoms with van der Waals surface area (Å²) >= 11 is 0. The Kier molecular flexibility index (Phi) is 6.83. The second-order valence-corrected chi connectivity index (χ2v) is 14.4. The number of nitrogens with zero attached hydrogens (tertiary/aromatic N) is 5. The summed E-state index contributed by atoms with van der Waals surface area (Å²) in [5, 5.41) is 6.78. The quantitative estimate of drug-likeness (QED) is 0.177. The van der Waals surface area contributed by atoms with E-state index in [2.05, 4.69) is 137 Å². The lowest BCUT2D eigenvalue weighted by molar-refractivity contribution is 0.666. The molecule has 0 bridgehead atoms. The molecular formula is C51H31N5O. The van der Waals surface area contributed by atoms with Crippen molar-refractivity contribution in [3.63, 3.8) is 0 Å². The molecule has 0 N–H and O–H groups in total. The Hall–Kier alpha value is -7.83. The Balaban J connectivity index is 1.18. The largest absolute Gasteiger partial charge is 0.454 e. The molecule has 0 fully saturated rings. The first-order valence-corrected chi connectivity index (χ1v) is 19.1. The number of furan rings is 1. The number of rotatable bonds is 5. The second-order valence-electron chi connectivity index (χ2n) is 14.4. The first-order valence-electron chi connectivity index (χ1n) is 19.1. The highest BCUT2D eigenvalue weighted by Crippen LogP contribution is 2.42. The molecule has 57 heavy (non-hydrogen) atoms. The van der Waals surface area contributed by atoms with E-state index in [0.717, 1.165) is 72.1 Å². The van der Waals surface area contributed by atoms with Crippen LogP contribution in [0, 0.1) is 0 Å². The van der Waals surface area contributed by atoms with Crippen LogP contribution in [0.15, 0.2) is 192 Å². The summed E-state index contributed by atoms with van der Waals surface area (Å²) < 4.78 is 11.6. The molecule has 12 aromatic rings. The van der Waals surface area contributed by atoms with Gasteiger partial charge in [-0.1, -0.05) is 133 Å². The van der Waals surface area contributed by atoms with Gasteiger partial charge < -0.3 is 13.6 Å². The smallest absolute Gasteiger partial charge is 0.164 e. The maximum atomic E-state index is 6.95. The van der Waals surface area contributed by atoms with Crippen LogP contribution in [0.3, 0.4) is 0 Å². The van der Waals surface area contributed by atoms with E-state index in [1.165, 1.54) is 21.5 Å². The average molecular weight is 730 g/mol. The van der Waals surface area contributed by atoms with E-state index in [0.29, 0.717) is 17.5 Å². The number of fused-ring (bicyclic) bond motifs is 9. The van der Waals surface area contributed by atoms with Gasteiger partial charge in [-0.3, -0.25) is 0 Å². The summed E-state index contributed by atoms with van der Waals surface area (Å²) in [7, 11) is 0. The van der Waals surface area contributed by atoms with Gasteiger partial charge in [0.15, 0.2) is 23.1 Å². The van der Waals surface area contributed by atoms with E-state index in [4.69, 9.17) is 19.4 Å². The maximum absolute atomic E-state index is 6.95. The molecule has 0 atom stereocenters. The molecule has 0 unspecified atom stereocenters. The van der Waals surface area contributed by atoms with Crippen LogP contribution in [0.2, 0.25) is 0 Å². The molecule has 6 heteroatoms. The van der Waals surface area contributed by atoms with Gasteiger partial charge in [-0.25, -0.2) is 15.0 Å². The van der Waals surface area contributed by atoms with Gasteiger partial charge in [-0.05, 0) is 54.6 Å². The summed E-state index contributed by atoms with van der Waals surface area (Å²) in [6.45, 7) is 0. The Morgan fingerprint density at radius 3 is 1.28 bits per heavy atom. The monoisotopic (exact) mass is 729 g/mol. The fourth-order valence-electron chi connectivity index (χ4n) is 8.60. The van der Waals surface area contributed by atoms with Crippen LogP contribution in [0.5, 0.6) is 0 Å². The number of benzene rings is 8. The average Bonchev–Trinajstić information content (AvgIpc) is 3.94. The van der Waals surface area contributed by atoms with E-state index in [9.17, 15) is 0 Å². The summed E-state index contributed by atoms with van der Waals surface area (Å²) in [6, 6.07) is 65.5. The van der Waals surface area contributed by atoms with E-state index in [-0.39, 0.29) is 0 Å². The van der Waals surface area contributed by atoms with E-state index in [1.807, 2.05) is 60.7 Å². The van der Waals surface area contributed by atoms with Gasteiger partial charge in [0.25, 0.3) is 0 Å². The minimum atomic E-state index is 0.583. The molecule has 0 aliphatic heterocycles. The number of para-hydroxylation sites is 4.